The molecule has 1 amide bonds. The molecule has 150 valence electrons. The van der Waals surface area contributed by atoms with E-state index >= 15 is 0 Å². The molecule has 0 aliphatic heterocycles. The second-order valence-corrected chi connectivity index (χ2v) is 6.94. The van der Waals surface area contributed by atoms with Crippen LogP contribution in [0.2, 0.25) is 5.15 Å². The normalized spacial score (nSPS) is 10.9. The fourth-order valence-corrected chi connectivity index (χ4v) is 3.18. The lowest BCUT2D eigenvalue weighted by molar-refractivity contribution is -0.114. The molecular weight excluding hydrogens is 433 g/mol. The van der Waals surface area contributed by atoms with E-state index in [0.717, 1.165) is 0 Å². The van der Waals surface area contributed by atoms with Crippen LogP contribution in [0.3, 0.4) is 0 Å². The van der Waals surface area contributed by atoms with Gasteiger partial charge in [-0.2, -0.15) is 0 Å². The maximum atomic E-state index is 13.7. The minimum atomic E-state index is -0.497. The van der Waals surface area contributed by atoms with Crippen molar-refractivity contribution in [2.75, 3.05) is 11.2 Å². The van der Waals surface area contributed by atoms with Crippen molar-refractivity contribution < 1.29 is 13.6 Å². The first kappa shape index (κ1) is 20.1. The fourth-order valence-electron chi connectivity index (χ4n) is 2.87. The van der Waals surface area contributed by atoms with Gasteiger partial charge in [0.25, 0.3) is 0 Å². The molecule has 1 N–H and O–H groups in total. The van der Waals surface area contributed by atoms with Gasteiger partial charge >= 0.3 is 0 Å². The summed E-state index contributed by atoms with van der Waals surface area (Å²) >= 11 is 11.9. The number of pyridine rings is 1. The van der Waals surface area contributed by atoms with E-state index < -0.39 is 17.5 Å². The summed E-state index contributed by atoms with van der Waals surface area (Å²) < 4.78 is 27.0. The summed E-state index contributed by atoms with van der Waals surface area (Å²) in [7, 11) is 0. The molecule has 30 heavy (non-hydrogen) atoms. The summed E-state index contributed by atoms with van der Waals surface area (Å²) in [5.74, 6) is -1.59. The Morgan fingerprint density at radius 1 is 0.900 bits per heavy atom. The number of nitrogens with one attached hydrogen (secondary N) is 1. The molecule has 0 atom stereocenters. The first-order valence-electron chi connectivity index (χ1n) is 8.70. The SMILES string of the molecule is O=C(CCl)Nc1nc(-c2ccc(F)cc2)cc(-c2cc3cc(F)ccc3nc2Cl)n1. The predicted molar refractivity (Wildman–Crippen MR) is 112 cm³/mol. The molecule has 0 aliphatic rings. The van der Waals surface area contributed by atoms with Crippen molar-refractivity contribution in [2.24, 2.45) is 0 Å². The number of fused-ring (bicyclic) bond motifs is 1. The third kappa shape index (κ3) is 4.22. The minimum Gasteiger partial charge on any atom is -0.293 e. The van der Waals surface area contributed by atoms with E-state index in [9.17, 15) is 13.6 Å². The Labute approximate surface area is 179 Å². The number of benzene rings is 2. The Bertz CT molecular complexity index is 1270. The summed E-state index contributed by atoms with van der Waals surface area (Å²) in [6.07, 6.45) is 0. The molecule has 4 rings (SSSR count). The molecule has 0 bridgehead atoms. The maximum Gasteiger partial charge on any atom is 0.241 e. The molecule has 5 nitrogen and oxygen atoms in total. The first-order chi connectivity index (χ1) is 14.4. The second-order valence-electron chi connectivity index (χ2n) is 6.31. The molecule has 0 aliphatic carbocycles. The van der Waals surface area contributed by atoms with Crippen LogP contribution in [0.15, 0.2) is 54.6 Å². The van der Waals surface area contributed by atoms with E-state index in [0.29, 0.717) is 33.4 Å². The Kier molecular flexibility index (Phi) is 5.57. The van der Waals surface area contributed by atoms with E-state index in [4.69, 9.17) is 23.2 Å². The molecule has 9 heteroatoms. The number of halogens is 4. The van der Waals surface area contributed by atoms with Gasteiger partial charge in [-0.05, 0) is 54.6 Å². The van der Waals surface area contributed by atoms with Crippen molar-refractivity contribution in [3.05, 3.63) is 71.4 Å². The maximum absolute atomic E-state index is 13.7. The van der Waals surface area contributed by atoms with Crippen LogP contribution in [-0.4, -0.2) is 26.7 Å². The molecule has 2 aromatic heterocycles. The number of alkyl halides is 1. The van der Waals surface area contributed by atoms with Crippen LogP contribution in [-0.2, 0) is 4.79 Å². The number of anilines is 1. The smallest absolute Gasteiger partial charge is 0.241 e. The van der Waals surface area contributed by atoms with Crippen LogP contribution in [0.4, 0.5) is 14.7 Å². The largest absolute Gasteiger partial charge is 0.293 e. The van der Waals surface area contributed by atoms with E-state index in [-0.39, 0.29) is 17.0 Å². The summed E-state index contributed by atoms with van der Waals surface area (Å²) in [5.41, 5.74) is 2.30. The van der Waals surface area contributed by atoms with Crippen molar-refractivity contribution >= 4 is 46.0 Å². The lowest BCUT2D eigenvalue weighted by Gasteiger charge is -2.11. The summed E-state index contributed by atoms with van der Waals surface area (Å²) in [6.45, 7) is 0. The molecular formula is C21H12Cl2F2N4O. The number of amides is 1. The number of carbonyl (C=O) groups is 1. The van der Waals surface area contributed by atoms with E-state index in [1.807, 2.05) is 0 Å². The van der Waals surface area contributed by atoms with Gasteiger partial charge in [0.05, 0.1) is 16.9 Å². The van der Waals surface area contributed by atoms with Crippen LogP contribution >= 0.6 is 23.2 Å². The summed E-state index contributed by atoms with van der Waals surface area (Å²) in [5, 5.41) is 3.17. The molecule has 0 radical (unpaired) electrons. The van der Waals surface area contributed by atoms with Gasteiger partial charge in [0.1, 0.15) is 22.7 Å². The highest BCUT2D eigenvalue weighted by Crippen LogP contribution is 2.32. The predicted octanol–water partition coefficient (Wildman–Crippen LogP) is 5.47. The molecule has 0 saturated heterocycles. The van der Waals surface area contributed by atoms with Crippen LogP contribution in [0.5, 0.6) is 0 Å². The first-order valence-corrected chi connectivity index (χ1v) is 9.61. The molecule has 0 saturated carbocycles. The summed E-state index contributed by atoms with van der Waals surface area (Å²) in [4.78, 5) is 24.7. The van der Waals surface area contributed by atoms with Gasteiger partial charge in [0, 0.05) is 16.5 Å². The zero-order valence-corrected chi connectivity index (χ0v) is 16.7. The molecule has 0 unspecified atom stereocenters. The molecule has 2 heterocycles. The highest BCUT2D eigenvalue weighted by molar-refractivity contribution is 6.32. The van der Waals surface area contributed by atoms with Crippen LogP contribution < -0.4 is 5.32 Å². The standard InChI is InChI=1S/C21H12Cl2F2N4O/c22-10-19(30)29-21-27-17(11-1-3-13(24)4-2-11)9-18(28-21)15-8-12-7-14(25)5-6-16(12)26-20(15)23/h1-9H,10H2,(H,27,28,29,30). The van der Waals surface area contributed by atoms with Crippen molar-refractivity contribution in [1.82, 2.24) is 15.0 Å². The lowest BCUT2D eigenvalue weighted by Crippen LogP contribution is -2.15. The average molecular weight is 445 g/mol. The second kappa shape index (κ2) is 8.30. The van der Waals surface area contributed by atoms with Gasteiger partial charge in [-0.15, -0.1) is 11.6 Å². The quantitative estimate of drug-likeness (QED) is 0.334. The van der Waals surface area contributed by atoms with Gasteiger partial charge in [-0.3, -0.25) is 10.1 Å². The Balaban J connectivity index is 1.89. The van der Waals surface area contributed by atoms with Gasteiger partial charge in [0.2, 0.25) is 11.9 Å². The number of hydrogen-bond donors (Lipinski definition) is 1. The topological polar surface area (TPSA) is 67.8 Å². The van der Waals surface area contributed by atoms with E-state index in [2.05, 4.69) is 20.3 Å². The number of carbonyl (C=O) groups excluding carboxylic acids is 1. The number of rotatable bonds is 4. The average Bonchev–Trinajstić information content (AvgIpc) is 2.73. The van der Waals surface area contributed by atoms with Crippen LogP contribution in [0.25, 0.3) is 33.4 Å². The van der Waals surface area contributed by atoms with Crippen molar-refractivity contribution in [3.63, 3.8) is 0 Å². The van der Waals surface area contributed by atoms with E-state index in [1.54, 1.807) is 24.3 Å². The number of aromatic nitrogens is 3. The van der Waals surface area contributed by atoms with Gasteiger partial charge < -0.3 is 0 Å². The zero-order chi connectivity index (χ0) is 21.3. The third-order valence-electron chi connectivity index (χ3n) is 4.24. The van der Waals surface area contributed by atoms with Gasteiger partial charge in [0.15, 0.2) is 0 Å². The zero-order valence-electron chi connectivity index (χ0n) is 15.2. The van der Waals surface area contributed by atoms with Gasteiger partial charge in [-0.25, -0.2) is 23.7 Å². The molecule has 0 fully saturated rings. The molecule has 4 aromatic rings. The van der Waals surface area contributed by atoms with Crippen molar-refractivity contribution in [1.29, 1.82) is 0 Å². The fraction of sp³-hybridized carbons (Fsp3) is 0.0476. The lowest BCUT2D eigenvalue weighted by atomic mass is 10.1. The minimum absolute atomic E-state index is 0.00659. The van der Waals surface area contributed by atoms with Crippen molar-refractivity contribution in [2.45, 2.75) is 0 Å². The number of nitrogens with zero attached hydrogens (tertiary/aromatic N) is 3. The van der Waals surface area contributed by atoms with Gasteiger partial charge in [-0.1, -0.05) is 11.6 Å². The third-order valence-corrected chi connectivity index (χ3v) is 4.78. The molecule has 2 aromatic carbocycles. The Hall–Kier alpha value is -3.16. The van der Waals surface area contributed by atoms with Crippen molar-refractivity contribution in [3.8, 4) is 22.5 Å². The Morgan fingerprint density at radius 2 is 1.60 bits per heavy atom. The van der Waals surface area contributed by atoms with E-state index in [1.165, 1.54) is 30.3 Å². The molecule has 0 spiro atoms. The number of hydrogen-bond acceptors (Lipinski definition) is 4. The highest BCUT2D eigenvalue weighted by atomic mass is 35.5. The summed E-state index contributed by atoms with van der Waals surface area (Å²) in [6, 6.07) is 13.1. The van der Waals surface area contributed by atoms with Crippen LogP contribution in [0.1, 0.15) is 0 Å². The van der Waals surface area contributed by atoms with Crippen LogP contribution in [0, 0.1) is 11.6 Å². The highest BCUT2D eigenvalue weighted by Gasteiger charge is 2.15. The monoisotopic (exact) mass is 444 g/mol. The Morgan fingerprint density at radius 3 is 2.33 bits per heavy atom.